The number of imidazole rings is 1. The van der Waals surface area contributed by atoms with Gasteiger partial charge >= 0.3 is 6.09 Å². The topological polar surface area (TPSA) is 75.9 Å². The zero-order chi connectivity index (χ0) is 17.0. The van der Waals surface area contributed by atoms with Gasteiger partial charge in [-0.05, 0) is 37.8 Å². The summed E-state index contributed by atoms with van der Waals surface area (Å²) in [5.74, 6) is 1.21. The minimum absolute atomic E-state index is 0.212. The molecule has 7 heteroatoms. The van der Waals surface area contributed by atoms with Crippen molar-refractivity contribution < 1.29 is 14.3 Å². The van der Waals surface area contributed by atoms with Gasteiger partial charge in [0.25, 0.3) is 5.91 Å². The normalized spacial score (nSPS) is 23.1. The Kier molecular flexibility index (Phi) is 3.23. The van der Waals surface area contributed by atoms with Crippen LogP contribution < -0.4 is 5.32 Å². The lowest BCUT2D eigenvalue weighted by Crippen LogP contribution is -2.35. The number of hydrogen-bond acceptors (Lipinski definition) is 4. The molecular weight excluding hydrogens is 320 g/mol. The number of nitrogens with one attached hydrogen (secondary N) is 1. The maximum absolute atomic E-state index is 12.6. The summed E-state index contributed by atoms with van der Waals surface area (Å²) in [4.78, 5) is 30.8. The minimum atomic E-state index is -0.283. The Bertz CT molecular complexity index is 853. The van der Waals surface area contributed by atoms with Gasteiger partial charge in [0.2, 0.25) is 0 Å². The third-order valence-corrected chi connectivity index (χ3v) is 5.11. The number of cyclic esters (lactones) is 1. The first kappa shape index (κ1) is 14.7. The van der Waals surface area contributed by atoms with Crippen molar-refractivity contribution in [3.63, 3.8) is 0 Å². The molecule has 2 amide bonds. The van der Waals surface area contributed by atoms with Crippen LogP contribution in [0.25, 0.3) is 5.52 Å². The van der Waals surface area contributed by atoms with E-state index in [4.69, 9.17) is 4.74 Å². The molecule has 2 aromatic heterocycles. The first-order chi connectivity index (χ1) is 12.2. The maximum Gasteiger partial charge on any atom is 0.410 e. The minimum Gasteiger partial charge on any atom is -0.442 e. The van der Waals surface area contributed by atoms with E-state index in [9.17, 15) is 9.59 Å². The number of carbonyl (C=O) groups excluding carboxylic acids is 2. The lowest BCUT2D eigenvalue weighted by molar-refractivity contribution is 0.0911. The molecule has 0 bridgehead atoms. The molecule has 25 heavy (non-hydrogen) atoms. The van der Waals surface area contributed by atoms with Crippen LogP contribution in [-0.4, -0.2) is 51.5 Å². The van der Waals surface area contributed by atoms with E-state index in [-0.39, 0.29) is 18.1 Å². The fourth-order valence-corrected chi connectivity index (χ4v) is 3.48. The van der Waals surface area contributed by atoms with E-state index in [2.05, 4.69) is 10.3 Å². The molecule has 3 fully saturated rings. The fraction of sp³-hybridized carbons (Fsp3) is 0.500. The number of nitrogens with zero attached hydrogens (tertiary/aromatic N) is 3. The number of carbonyl (C=O) groups is 2. The van der Waals surface area contributed by atoms with Crippen LogP contribution in [0, 0.1) is 0 Å². The summed E-state index contributed by atoms with van der Waals surface area (Å²) >= 11 is 0. The first-order valence-electron chi connectivity index (χ1n) is 8.93. The Morgan fingerprint density at radius 3 is 2.88 bits per heavy atom. The SMILES string of the molecule is O=C(NCC1CN(C2CC2)C(=O)O1)c1nc(C2CC2)n2ccccc12. The van der Waals surface area contributed by atoms with Gasteiger partial charge in [-0.15, -0.1) is 0 Å². The number of amides is 2. The number of fused-ring (bicyclic) bond motifs is 1. The zero-order valence-corrected chi connectivity index (χ0v) is 13.9. The molecule has 2 aromatic rings. The molecule has 0 radical (unpaired) electrons. The average molecular weight is 340 g/mol. The molecule has 1 atom stereocenters. The monoisotopic (exact) mass is 340 g/mol. The van der Waals surface area contributed by atoms with Crippen molar-refractivity contribution in [3.05, 3.63) is 35.9 Å². The summed E-state index contributed by atoms with van der Waals surface area (Å²) in [7, 11) is 0. The van der Waals surface area contributed by atoms with E-state index in [1.54, 1.807) is 4.90 Å². The van der Waals surface area contributed by atoms with E-state index in [1.807, 2.05) is 28.8 Å². The lowest BCUT2D eigenvalue weighted by Gasteiger charge is -2.11. The van der Waals surface area contributed by atoms with Gasteiger partial charge in [-0.1, -0.05) is 6.07 Å². The van der Waals surface area contributed by atoms with Crippen molar-refractivity contribution in [2.45, 2.75) is 43.7 Å². The molecule has 2 aliphatic carbocycles. The predicted molar refractivity (Wildman–Crippen MR) is 89.5 cm³/mol. The van der Waals surface area contributed by atoms with Gasteiger partial charge in [0.05, 0.1) is 18.6 Å². The smallest absolute Gasteiger partial charge is 0.410 e. The largest absolute Gasteiger partial charge is 0.442 e. The van der Waals surface area contributed by atoms with E-state index in [1.165, 1.54) is 0 Å². The molecule has 3 heterocycles. The van der Waals surface area contributed by atoms with Crippen LogP contribution in [0.2, 0.25) is 0 Å². The van der Waals surface area contributed by atoms with Crippen LogP contribution in [0.3, 0.4) is 0 Å². The van der Waals surface area contributed by atoms with E-state index in [0.717, 1.165) is 37.0 Å². The van der Waals surface area contributed by atoms with Crippen LogP contribution in [-0.2, 0) is 4.74 Å². The average Bonchev–Trinajstić information content (AvgIpc) is 3.55. The predicted octanol–water partition coefficient (Wildman–Crippen LogP) is 1.92. The molecule has 0 spiro atoms. The molecule has 5 rings (SSSR count). The molecular formula is C18H20N4O3. The quantitative estimate of drug-likeness (QED) is 0.902. The summed E-state index contributed by atoms with van der Waals surface area (Å²) < 4.78 is 7.36. The summed E-state index contributed by atoms with van der Waals surface area (Å²) in [6, 6.07) is 6.12. The maximum atomic E-state index is 12.6. The number of hydrogen-bond donors (Lipinski definition) is 1. The van der Waals surface area contributed by atoms with Gasteiger partial charge in [-0.2, -0.15) is 0 Å². The Morgan fingerprint density at radius 2 is 2.12 bits per heavy atom. The summed E-state index contributed by atoms with van der Waals surface area (Å²) in [6.07, 6.45) is 5.78. The summed E-state index contributed by atoms with van der Waals surface area (Å²) in [5, 5.41) is 2.89. The Hall–Kier alpha value is -2.57. The van der Waals surface area contributed by atoms with Crippen LogP contribution in [0.5, 0.6) is 0 Å². The van der Waals surface area contributed by atoms with Crippen molar-refractivity contribution in [2.24, 2.45) is 0 Å². The second-order valence-electron chi connectivity index (χ2n) is 7.15. The second kappa shape index (κ2) is 5.47. The number of ether oxygens (including phenoxy) is 1. The van der Waals surface area contributed by atoms with Crippen molar-refractivity contribution in [2.75, 3.05) is 13.1 Å². The summed E-state index contributed by atoms with van der Waals surface area (Å²) in [5.41, 5.74) is 1.27. The fourth-order valence-electron chi connectivity index (χ4n) is 3.48. The van der Waals surface area contributed by atoms with Crippen LogP contribution in [0.1, 0.15) is 47.9 Å². The zero-order valence-electron chi connectivity index (χ0n) is 13.9. The van der Waals surface area contributed by atoms with E-state index in [0.29, 0.717) is 30.7 Å². The van der Waals surface area contributed by atoms with Gasteiger partial charge in [0.15, 0.2) is 5.69 Å². The molecule has 2 saturated carbocycles. The Morgan fingerprint density at radius 1 is 1.28 bits per heavy atom. The second-order valence-corrected chi connectivity index (χ2v) is 7.15. The van der Waals surface area contributed by atoms with Crippen molar-refractivity contribution in [1.29, 1.82) is 0 Å². The highest BCUT2D eigenvalue weighted by Crippen LogP contribution is 2.40. The van der Waals surface area contributed by atoms with Gasteiger partial charge in [0.1, 0.15) is 11.9 Å². The van der Waals surface area contributed by atoms with Gasteiger partial charge in [0, 0.05) is 18.2 Å². The van der Waals surface area contributed by atoms with Crippen LogP contribution in [0.15, 0.2) is 24.4 Å². The van der Waals surface area contributed by atoms with E-state index >= 15 is 0 Å². The summed E-state index contributed by atoms with van der Waals surface area (Å²) in [6.45, 7) is 0.874. The highest BCUT2D eigenvalue weighted by molar-refractivity contribution is 5.99. The molecule has 3 aliphatic rings. The van der Waals surface area contributed by atoms with Gasteiger partial charge in [-0.3, -0.25) is 4.79 Å². The molecule has 1 N–H and O–H groups in total. The molecule has 7 nitrogen and oxygen atoms in total. The number of rotatable bonds is 5. The molecule has 130 valence electrons. The molecule has 1 aliphatic heterocycles. The number of aromatic nitrogens is 2. The molecule has 0 aromatic carbocycles. The number of pyridine rings is 1. The third kappa shape index (κ3) is 2.63. The first-order valence-corrected chi connectivity index (χ1v) is 8.93. The van der Waals surface area contributed by atoms with Gasteiger partial charge in [-0.25, -0.2) is 9.78 Å². The highest BCUT2D eigenvalue weighted by atomic mass is 16.6. The molecule has 1 saturated heterocycles. The lowest BCUT2D eigenvalue weighted by atomic mass is 10.3. The highest BCUT2D eigenvalue weighted by Gasteiger charge is 2.41. The van der Waals surface area contributed by atoms with Gasteiger partial charge < -0.3 is 19.4 Å². The Labute approximate surface area is 145 Å². The molecule has 1 unspecified atom stereocenters. The third-order valence-electron chi connectivity index (χ3n) is 5.11. The van der Waals surface area contributed by atoms with Crippen LogP contribution in [0.4, 0.5) is 4.79 Å². The van der Waals surface area contributed by atoms with Crippen LogP contribution >= 0.6 is 0 Å². The Balaban J connectivity index is 1.30. The van der Waals surface area contributed by atoms with Crippen molar-refractivity contribution in [3.8, 4) is 0 Å². The van der Waals surface area contributed by atoms with E-state index < -0.39 is 0 Å². The van der Waals surface area contributed by atoms with Crippen molar-refractivity contribution >= 4 is 17.5 Å². The van der Waals surface area contributed by atoms with Crippen molar-refractivity contribution in [1.82, 2.24) is 19.6 Å². The standard InChI is InChI=1S/C18H20N4O3/c23-17(19-9-13-10-22(12-6-7-12)18(24)25-13)15-14-3-1-2-8-21(14)16(20-15)11-4-5-11/h1-3,8,11-13H,4-7,9-10H2,(H,19,23).